The monoisotopic (exact) mass is 419 g/mol. The average Bonchev–Trinajstić information content (AvgIpc) is 3.26. The number of nitrogens with one attached hydrogen (secondary N) is 1. The van der Waals surface area contributed by atoms with Gasteiger partial charge in [0, 0.05) is 32.6 Å². The van der Waals surface area contributed by atoms with Crippen LogP contribution in [0, 0.1) is 0 Å². The van der Waals surface area contributed by atoms with Gasteiger partial charge in [0.25, 0.3) is 11.1 Å². The van der Waals surface area contributed by atoms with Crippen molar-refractivity contribution in [2.45, 2.75) is 19.4 Å². The zero-order chi connectivity index (χ0) is 20.8. The van der Waals surface area contributed by atoms with E-state index in [4.69, 9.17) is 4.74 Å². The number of thioether (sulfide) groups is 1. The maximum absolute atomic E-state index is 12.1. The molecule has 2 aliphatic heterocycles. The fourth-order valence-corrected chi connectivity index (χ4v) is 3.76. The van der Waals surface area contributed by atoms with Crippen molar-refractivity contribution in [3.63, 3.8) is 0 Å². The first kappa shape index (κ1) is 20.8. The molecule has 9 nitrogen and oxygen atoms in total. The predicted molar refractivity (Wildman–Crippen MR) is 104 cm³/mol. The van der Waals surface area contributed by atoms with Gasteiger partial charge in [0.2, 0.25) is 11.8 Å². The largest absolute Gasteiger partial charge is 0.452 e. The molecule has 1 aromatic rings. The first-order valence-corrected chi connectivity index (χ1v) is 10.2. The second-order valence-corrected chi connectivity index (χ2v) is 7.57. The van der Waals surface area contributed by atoms with Crippen molar-refractivity contribution in [3.8, 4) is 0 Å². The molecular formula is C19H21N3O6S. The number of esters is 1. The highest BCUT2D eigenvalue weighted by Gasteiger charge is 2.29. The van der Waals surface area contributed by atoms with E-state index in [0.717, 1.165) is 35.2 Å². The molecule has 0 unspecified atom stereocenters. The van der Waals surface area contributed by atoms with E-state index in [-0.39, 0.29) is 35.9 Å². The minimum atomic E-state index is -0.634. The molecule has 3 rings (SSSR count). The molecule has 1 aromatic carbocycles. The molecule has 1 N–H and O–H groups in total. The van der Waals surface area contributed by atoms with Crippen LogP contribution in [0.1, 0.15) is 28.8 Å². The molecule has 4 amide bonds. The summed E-state index contributed by atoms with van der Waals surface area (Å²) in [7, 11) is 0. The van der Waals surface area contributed by atoms with Crippen LogP contribution in [0.25, 0.3) is 0 Å². The molecule has 10 heteroatoms. The number of hydrogen-bond donors (Lipinski definition) is 1. The van der Waals surface area contributed by atoms with E-state index in [1.54, 1.807) is 29.2 Å². The van der Waals surface area contributed by atoms with Gasteiger partial charge in [-0.25, -0.2) is 4.79 Å². The van der Waals surface area contributed by atoms with Gasteiger partial charge in [-0.1, -0.05) is 23.9 Å². The second-order valence-electron chi connectivity index (χ2n) is 6.64. The lowest BCUT2D eigenvalue weighted by molar-refractivity contribution is -0.128. The van der Waals surface area contributed by atoms with Crippen LogP contribution in [-0.2, 0) is 25.7 Å². The molecule has 2 fully saturated rings. The van der Waals surface area contributed by atoms with Crippen molar-refractivity contribution in [2.24, 2.45) is 0 Å². The van der Waals surface area contributed by atoms with E-state index in [1.165, 1.54) is 0 Å². The fraction of sp³-hybridized carbons (Fsp3) is 0.421. The number of carbonyl (C=O) groups excluding carboxylic acids is 5. The second kappa shape index (κ2) is 9.55. The van der Waals surface area contributed by atoms with Gasteiger partial charge in [0.05, 0.1) is 11.3 Å². The van der Waals surface area contributed by atoms with Crippen LogP contribution in [0.5, 0.6) is 0 Å². The van der Waals surface area contributed by atoms with Crippen molar-refractivity contribution < 1.29 is 28.7 Å². The first-order chi connectivity index (χ1) is 13.9. The fourth-order valence-electron chi connectivity index (χ4n) is 3.01. The van der Waals surface area contributed by atoms with Gasteiger partial charge < -0.3 is 15.0 Å². The maximum Gasteiger partial charge on any atom is 0.338 e. The molecule has 0 saturated carbocycles. The van der Waals surface area contributed by atoms with E-state index in [0.29, 0.717) is 18.5 Å². The summed E-state index contributed by atoms with van der Waals surface area (Å²) in [6.45, 7) is 0.983. The number of imide groups is 1. The summed E-state index contributed by atoms with van der Waals surface area (Å²) in [5, 5.41) is 2.18. The molecule has 2 aliphatic rings. The molecule has 2 saturated heterocycles. The molecule has 0 aliphatic carbocycles. The van der Waals surface area contributed by atoms with Gasteiger partial charge >= 0.3 is 5.97 Å². The normalized spacial score (nSPS) is 16.5. The van der Waals surface area contributed by atoms with Crippen LogP contribution in [0.15, 0.2) is 24.3 Å². The minimum absolute atomic E-state index is 0.0886. The van der Waals surface area contributed by atoms with Gasteiger partial charge in [-0.05, 0) is 24.1 Å². The standard InChI is InChI=1S/C19H21N3O6S/c23-15(20-7-9-22-17(25)12-29-19(22)27)11-28-18(26)14-5-3-13(4-6-14)10-21-8-1-2-16(21)24/h3-6H,1-2,7-12H2,(H,20,23). The lowest BCUT2D eigenvalue weighted by Gasteiger charge is -2.15. The predicted octanol–water partition coefficient (Wildman–Crippen LogP) is 0.777. The highest BCUT2D eigenvalue weighted by atomic mass is 32.2. The van der Waals surface area contributed by atoms with Crippen molar-refractivity contribution in [1.82, 2.24) is 15.1 Å². The summed E-state index contributed by atoms with van der Waals surface area (Å²) in [6.07, 6.45) is 1.45. The highest BCUT2D eigenvalue weighted by Crippen LogP contribution is 2.17. The summed E-state index contributed by atoms with van der Waals surface area (Å²) in [5.74, 6) is -1.17. The third-order valence-corrected chi connectivity index (χ3v) is 5.43. The van der Waals surface area contributed by atoms with E-state index in [9.17, 15) is 24.0 Å². The summed E-state index contributed by atoms with van der Waals surface area (Å²) < 4.78 is 4.98. The zero-order valence-corrected chi connectivity index (χ0v) is 16.5. The summed E-state index contributed by atoms with van der Waals surface area (Å²) in [5.41, 5.74) is 1.22. The van der Waals surface area contributed by atoms with Crippen molar-refractivity contribution in [3.05, 3.63) is 35.4 Å². The summed E-state index contributed by atoms with van der Waals surface area (Å²) >= 11 is 0.930. The Balaban J connectivity index is 1.38. The Hall–Kier alpha value is -2.88. The number of carbonyl (C=O) groups is 5. The van der Waals surface area contributed by atoms with Crippen molar-refractivity contribution >= 4 is 40.7 Å². The summed E-state index contributed by atoms with van der Waals surface area (Å²) in [4.78, 5) is 61.2. The topological polar surface area (TPSA) is 113 Å². The van der Waals surface area contributed by atoms with Gasteiger partial charge in [-0.3, -0.25) is 24.1 Å². The van der Waals surface area contributed by atoms with Crippen LogP contribution in [0.2, 0.25) is 0 Å². The van der Waals surface area contributed by atoms with Gasteiger partial charge in [0.1, 0.15) is 0 Å². The lowest BCUT2D eigenvalue weighted by atomic mass is 10.1. The molecule has 2 heterocycles. The number of nitrogens with zero attached hydrogens (tertiary/aromatic N) is 2. The van der Waals surface area contributed by atoms with Crippen LogP contribution in [-0.4, -0.2) is 70.7 Å². The molecule has 0 aromatic heterocycles. The number of ether oxygens (including phenoxy) is 1. The quantitative estimate of drug-likeness (QED) is 0.620. The third-order valence-electron chi connectivity index (χ3n) is 4.57. The molecule has 0 radical (unpaired) electrons. The molecule has 0 spiro atoms. The van der Waals surface area contributed by atoms with Crippen molar-refractivity contribution in [2.75, 3.05) is 32.0 Å². The Morgan fingerprint density at radius 1 is 1.10 bits per heavy atom. The number of benzene rings is 1. The van der Waals surface area contributed by atoms with Crippen LogP contribution >= 0.6 is 11.8 Å². The Kier molecular flexibility index (Phi) is 6.86. The average molecular weight is 419 g/mol. The van der Waals surface area contributed by atoms with E-state index in [1.807, 2.05) is 0 Å². The van der Waals surface area contributed by atoms with Gasteiger partial charge in [-0.2, -0.15) is 0 Å². The number of hydrogen-bond acceptors (Lipinski definition) is 7. The molecule has 29 heavy (non-hydrogen) atoms. The minimum Gasteiger partial charge on any atom is -0.452 e. The lowest BCUT2D eigenvalue weighted by Crippen LogP contribution is -2.38. The number of rotatable bonds is 8. The Labute approximate surface area is 171 Å². The summed E-state index contributed by atoms with van der Waals surface area (Å²) in [6, 6.07) is 6.70. The Morgan fingerprint density at radius 3 is 2.48 bits per heavy atom. The molecule has 0 bridgehead atoms. The molecular weight excluding hydrogens is 398 g/mol. The Morgan fingerprint density at radius 2 is 1.86 bits per heavy atom. The maximum atomic E-state index is 12.1. The van der Waals surface area contributed by atoms with Crippen LogP contribution < -0.4 is 5.32 Å². The van der Waals surface area contributed by atoms with Crippen LogP contribution in [0.4, 0.5) is 4.79 Å². The SMILES string of the molecule is O=C(COC(=O)c1ccc(CN2CCCC2=O)cc1)NCCN1C(=O)CSC1=O. The zero-order valence-electron chi connectivity index (χ0n) is 15.7. The van der Waals surface area contributed by atoms with Crippen LogP contribution in [0.3, 0.4) is 0 Å². The van der Waals surface area contributed by atoms with Gasteiger partial charge in [-0.15, -0.1) is 0 Å². The third kappa shape index (κ3) is 5.57. The smallest absolute Gasteiger partial charge is 0.338 e. The van der Waals surface area contributed by atoms with E-state index >= 15 is 0 Å². The van der Waals surface area contributed by atoms with E-state index < -0.39 is 18.5 Å². The number of amides is 4. The Bertz CT molecular complexity index is 810. The van der Waals surface area contributed by atoms with Gasteiger partial charge in [0.15, 0.2) is 6.61 Å². The molecule has 0 atom stereocenters. The molecule has 154 valence electrons. The van der Waals surface area contributed by atoms with Crippen molar-refractivity contribution in [1.29, 1.82) is 0 Å². The number of likely N-dealkylation sites (tertiary alicyclic amines) is 1. The highest BCUT2D eigenvalue weighted by molar-refractivity contribution is 8.14. The first-order valence-electron chi connectivity index (χ1n) is 9.21. The van der Waals surface area contributed by atoms with E-state index in [2.05, 4.69) is 5.32 Å².